The van der Waals surface area contributed by atoms with E-state index in [2.05, 4.69) is 39.2 Å². The molecule has 3 aromatic heterocycles. The second-order valence-corrected chi connectivity index (χ2v) is 11.9. The lowest BCUT2D eigenvalue weighted by atomic mass is 10.1. The Hall–Kier alpha value is -4.59. The van der Waals surface area contributed by atoms with Crippen LogP contribution in [0.2, 0.25) is 0 Å². The van der Waals surface area contributed by atoms with Crippen molar-refractivity contribution in [2.45, 2.75) is 77.6 Å². The van der Waals surface area contributed by atoms with Crippen LogP contribution in [0.5, 0.6) is 0 Å². The van der Waals surface area contributed by atoms with Crippen LogP contribution in [0.15, 0.2) is 41.6 Å². The van der Waals surface area contributed by atoms with Crippen LogP contribution < -0.4 is 16.2 Å². The number of fused-ring (bicyclic) bond motifs is 1. The number of nitrogens with zero attached hydrogens (tertiary/aromatic N) is 6. The van der Waals surface area contributed by atoms with Crippen molar-refractivity contribution < 1.29 is 23.9 Å². The fraction of sp³-hybridized carbons (Fsp3) is 0.531. The van der Waals surface area contributed by atoms with Crippen molar-refractivity contribution in [1.29, 1.82) is 0 Å². The molecule has 14 nitrogen and oxygen atoms in total. The topological polar surface area (TPSA) is 163 Å². The van der Waals surface area contributed by atoms with E-state index in [1.807, 2.05) is 4.57 Å². The third-order valence-corrected chi connectivity index (χ3v) is 7.73. The number of hydrogen-bond acceptors (Lipinski definition) is 9. The highest BCUT2D eigenvalue weighted by Crippen LogP contribution is 2.29. The number of hydrogen-bond donors (Lipinski definition) is 2. The predicted octanol–water partition coefficient (Wildman–Crippen LogP) is 3.41. The van der Waals surface area contributed by atoms with Crippen molar-refractivity contribution in [1.82, 2.24) is 34.3 Å². The normalized spacial score (nSPS) is 15.7. The van der Waals surface area contributed by atoms with Gasteiger partial charge < -0.3 is 29.6 Å². The van der Waals surface area contributed by atoms with Gasteiger partial charge in [0.15, 0.2) is 5.65 Å². The van der Waals surface area contributed by atoms with E-state index >= 15 is 0 Å². The minimum atomic E-state index is -1.02. The van der Waals surface area contributed by atoms with Crippen LogP contribution in [-0.4, -0.2) is 80.7 Å². The van der Waals surface area contributed by atoms with Crippen LogP contribution in [0.1, 0.15) is 70.1 Å². The SMILES string of the molecule is COC(=O)N[C@@H](CC/C=C/C(=O)N(C)C)C(=O)Nc1cccn(Cc2nc3c(CCC(C)C)ncnc3n2C2CCCCO2)c1=O. The maximum atomic E-state index is 13.6. The molecule has 1 aliphatic heterocycles. The number of anilines is 1. The van der Waals surface area contributed by atoms with E-state index in [0.717, 1.165) is 37.8 Å². The first-order valence-electron chi connectivity index (χ1n) is 15.6. The van der Waals surface area contributed by atoms with Gasteiger partial charge in [0.2, 0.25) is 11.8 Å². The van der Waals surface area contributed by atoms with Gasteiger partial charge >= 0.3 is 6.09 Å². The number of likely N-dealkylation sites (N-methyl/N-ethyl adjacent to an activating group) is 1. The van der Waals surface area contributed by atoms with E-state index in [-0.39, 0.29) is 30.8 Å². The number of allylic oxidation sites excluding steroid dienone is 1. The van der Waals surface area contributed by atoms with E-state index in [1.165, 1.54) is 28.7 Å². The number of amides is 3. The minimum absolute atomic E-state index is 0.0384. The maximum absolute atomic E-state index is 13.6. The van der Waals surface area contributed by atoms with E-state index in [1.54, 1.807) is 38.8 Å². The van der Waals surface area contributed by atoms with Gasteiger partial charge in [-0.2, -0.15) is 0 Å². The highest BCUT2D eigenvalue weighted by Gasteiger charge is 2.26. The summed E-state index contributed by atoms with van der Waals surface area (Å²) in [5.74, 6) is 0.300. The Balaban J connectivity index is 1.60. The molecule has 0 spiro atoms. The van der Waals surface area contributed by atoms with Crippen LogP contribution in [-0.2, 0) is 32.0 Å². The number of carbonyl (C=O) groups excluding carboxylic acids is 3. The second-order valence-electron chi connectivity index (χ2n) is 11.9. The van der Waals surface area contributed by atoms with Gasteiger partial charge in [-0.1, -0.05) is 19.9 Å². The number of aromatic nitrogens is 5. The average molecular weight is 637 g/mol. The molecule has 2 N–H and O–H groups in total. The molecule has 0 aromatic carbocycles. The first kappa shape index (κ1) is 34.3. The Bertz CT molecular complexity index is 1610. The van der Waals surface area contributed by atoms with Gasteiger partial charge in [0.25, 0.3) is 5.56 Å². The van der Waals surface area contributed by atoms with E-state index in [0.29, 0.717) is 35.9 Å². The number of methoxy groups -OCH3 is 1. The van der Waals surface area contributed by atoms with Gasteiger partial charge in [-0.25, -0.2) is 19.7 Å². The molecule has 0 radical (unpaired) electrons. The van der Waals surface area contributed by atoms with Crippen molar-refractivity contribution in [2.24, 2.45) is 5.92 Å². The van der Waals surface area contributed by atoms with Gasteiger partial charge in [-0.15, -0.1) is 0 Å². The molecule has 46 heavy (non-hydrogen) atoms. The zero-order valence-electron chi connectivity index (χ0n) is 27.2. The fourth-order valence-electron chi connectivity index (χ4n) is 5.15. The van der Waals surface area contributed by atoms with Crippen LogP contribution in [0.3, 0.4) is 0 Å². The van der Waals surface area contributed by atoms with E-state index in [9.17, 15) is 19.2 Å². The quantitative estimate of drug-likeness (QED) is 0.268. The molecule has 0 aliphatic carbocycles. The molecule has 4 heterocycles. The Labute approximate surface area is 268 Å². The minimum Gasteiger partial charge on any atom is -0.453 e. The molecule has 248 valence electrons. The average Bonchev–Trinajstić information content (AvgIpc) is 3.41. The standard InChI is InChI=1S/C32H44N8O6/c1-21(2)15-16-22-28-29(34-20-33-22)40(27-14-8-9-18-46-27)25(37-28)19-39-17-10-12-24(31(39)43)35-30(42)23(36-32(44)45-5)11-6-7-13-26(41)38(3)4/h7,10,12-13,17,20-21,23,27H,6,8-9,11,14-16,18-19H2,1-5H3,(H,35,42)(H,36,44)/b13-7+/t23-,27?/m0/s1. The number of alkyl carbamates (subject to hydrolysis) is 1. The van der Waals surface area contributed by atoms with Crippen molar-refractivity contribution in [3.8, 4) is 0 Å². The van der Waals surface area contributed by atoms with Gasteiger partial charge in [-0.05, 0) is 69.1 Å². The third kappa shape index (κ3) is 8.77. The van der Waals surface area contributed by atoms with Crippen molar-refractivity contribution in [2.75, 3.05) is 33.1 Å². The fourth-order valence-corrected chi connectivity index (χ4v) is 5.15. The van der Waals surface area contributed by atoms with Crippen molar-refractivity contribution in [3.05, 3.63) is 58.7 Å². The van der Waals surface area contributed by atoms with Crippen molar-refractivity contribution in [3.63, 3.8) is 0 Å². The number of imidazole rings is 1. The lowest BCUT2D eigenvalue weighted by molar-refractivity contribution is -0.123. The maximum Gasteiger partial charge on any atom is 0.407 e. The summed E-state index contributed by atoms with van der Waals surface area (Å²) in [5, 5.41) is 5.16. The van der Waals surface area contributed by atoms with Crippen molar-refractivity contribution >= 4 is 34.8 Å². The lowest BCUT2D eigenvalue weighted by Crippen LogP contribution is -2.44. The summed E-state index contributed by atoms with van der Waals surface area (Å²) < 4.78 is 14.3. The number of ether oxygens (including phenoxy) is 2. The molecule has 1 aliphatic rings. The molecule has 3 aromatic rings. The Morgan fingerprint density at radius 1 is 1.20 bits per heavy atom. The van der Waals surface area contributed by atoms with E-state index in [4.69, 9.17) is 9.72 Å². The predicted molar refractivity (Wildman–Crippen MR) is 172 cm³/mol. The summed E-state index contributed by atoms with van der Waals surface area (Å²) in [6.07, 6.45) is 10.1. The van der Waals surface area contributed by atoms with Gasteiger partial charge in [0.1, 0.15) is 35.6 Å². The molecule has 4 rings (SSSR count). The third-order valence-electron chi connectivity index (χ3n) is 7.73. The second kappa shape index (κ2) is 16.1. The molecular formula is C32H44N8O6. The summed E-state index contributed by atoms with van der Waals surface area (Å²) in [4.78, 5) is 66.2. The Morgan fingerprint density at radius 3 is 2.70 bits per heavy atom. The molecule has 14 heteroatoms. The summed E-state index contributed by atoms with van der Waals surface area (Å²) in [6, 6.07) is 2.15. The highest BCUT2D eigenvalue weighted by molar-refractivity contribution is 5.96. The van der Waals surface area contributed by atoms with Gasteiger partial charge in [0.05, 0.1) is 19.3 Å². The molecule has 0 saturated carbocycles. The highest BCUT2D eigenvalue weighted by atomic mass is 16.5. The summed E-state index contributed by atoms with van der Waals surface area (Å²) in [7, 11) is 4.46. The summed E-state index contributed by atoms with van der Waals surface area (Å²) in [6.45, 7) is 5.06. The smallest absolute Gasteiger partial charge is 0.407 e. The molecule has 1 unspecified atom stereocenters. The summed E-state index contributed by atoms with van der Waals surface area (Å²) in [5.41, 5.74) is 1.82. The molecule has 2 atom stereocenters. The monoisotopic (exact) mass is 636 g/mol. The molecular weight excluding hydrogens is 592 g/mol. The molecule has 3 amide bonds. The number of rotatable bonds is 13. The van der Waals surface area contributed by atoms with Crippen LogP contribution >= 0.6 is 0 Å². The first-order chi connectivity index (χ1) is 22.1. The lowest BCUT2D eigenvalue weighted by Gasteiger charge is -2.25. The molecule has 1 fully saturated rings. The zero-order valence-corrected chi connectivity index (χ0v) is 27.2. The Kier molecular flexibility index (Phi) is 12.0. The largest absolute Gasteiger partial charge is 0.453 e. The summed E-state index contributed by atoms with van der Waals surface area (Å²) >= 11 is 0. The zero-order chi connectivity index (χ0) is 33.2. The molecule has 1 saturated heterocycles. The number of nitrogens with one attached hydrogen (secondary N) is 2. The van der Waals surface area contributed by atoms with Crippen LogP contribution in [0.25, 0.3) is 11.2 Å². The van der Waals surface area contributed by atoms with E-state index < -0.39 is 23.6 Å². The van der Waals surface area contributed by atoms with Gasteiger partial charge in [-0.3, -0.25) is 19.0 Å². The van der Waals surface area contributed by atoms with Crippen LogP contribution in [0, 0.1) is 5.92 Å². The number of aryl methyl sites for hydroxylation is 1. The number of pyridine rings is 1. The molecule has 0 bridgehead atoms. The first-order valence-corrected chi connectivity index (χ1v) is 15.6. The van der Waals surface area contributed by atoms with Crippen LogP contribution in [0.4, 0.5) is 10.5 Å². The van der Waals surface area contributed by atoms with Gasteiger partial charge in [0, 0.05) is 26.9 Å². The Morgan fingerprint density at radius 2 is 2.00 bits per heavy atom. The number of carbonyl (C=O) groups is 3.